The van der Waals surface area contributed by atoms with E-state index in [9.17, 15) is 4.79 Å². The fourth-order valence-corrected chi connectivity index (χ4v) is 4.52. The fraction of sp³-hybridized carbons (Fsp3) is 0.682. The second-order valence-corrected chi connectivity index (χ2v) is 8.94. The van der Waals surface area contributed by atoms with Crippen molar-refractivity contribution < 1.29 is 23.7 Å². The highest BCUT2D eigenvalue weighted by Gasteiger charge is 2.56. The molecule has 3 atom stereocenters. The minimum atomic E-state index is -0.658. The molecule has 3 heterocycles. The molecule has 6 heteroatoms. The first-order valence-electron chi connectivity index (χ1n) is 10.2. The van der Waals surface area contributed by atoms with Gasteiger partial charge in [0, 0.05) is 12.5 Å². The van der Waals surface area contributed by atoms with Gasteiger partial charge < -0.3 is 23.8 Å². The highest BCUT2D eigenvalue weighted by Crippen LogP contribution is 2.42. The molecule has 3 fully saturated rings. The third-order valence-corrected chi connectivity index (χ3v) is 5.95. The van der Waals surface area contributed by atoms with Crippen LogP contribution >= 0.6 is 0 Å². The van der Waals surface area contributed by atoms with Crippen LogP contribution in [0.3, 0.4) is 0 Å². The van der Waals surface area contributed by atoms with Crippen molar-refractivity contribution in [3.63, 3.8) is 0 Å². The van der Waals surface area contributed by atoms with E-state index < -0.39 is 11.6 Å². The minimum Gasteiger partial charge on any atom is -0.350 e. The molecule has 0 unspecified atom stereocenters. The average molecular weight is 389 g/mol. The number of hydrogen-bond donors (Lipinski definition) is 0. The van der Waals surface area contributed by atoms with Crippen molar-refractivity contribution in [2.24, 2.45) is 11.8 Å². The van der Waals surface area contributed by atoms with E-state index in [0.717, 1.165) is 12.0 Å². The fourth-order valence-electron chi connectivity index (χ4n) is 4.52. The van der Waals surface area contributed by atoms with Crippen LogP contribution in [0.15, 0.2) is 30.3 Å². The van der Waals surface area contributed by atoms with Crippen molar-refractivity contribution in [1.29, 1.82) is 0 Å². The van der Waals surface area contributed by atoms with E-state index in [1.165, 1.54) is 0 Å². The third kappa shape index (κ3) is 3.96. The number of carbonyl (C=O) groups is 1. The van der Waals surface area contributed by atoms with Crippen molar-refractivity contribution in [3.8, 4) is 0 Å². The monoisotopic (exact) mass is 389 g/mol. The van der Waals surface area contributed by atoms with Gasteiger partial charge >= 0.3 is 0 Å². The third-order valence-electron chi connectivity index (χ3n) is 5.95. The topological polar surface area (TPSA) is 57.2 Å². The Morgan fingerprint density at radius 1 is 1.00 bits per heavy atom. The zero-order chi connectivity index (χ0) is 19.9. The van der Waals surface area contributed by atoms with E-state index in [2.05, 4.69) is 12.1 Å². The Bertz CT molecular complexity index is 694. The van der Waals surface area contributed by atoms with Crippen LogP contribution in [-0.2, 0) is 30.3 Å². The average Bonchev–Trinajstić information content (AvgIpc) is 2.64. The summed E-state index contributed by atoms with van der Waals surface area (Å²) in [5.41, 5.74) is 1.13. The van der Waals surface area contributed by atoms with Crippen LogP contribution in [0.4, 0.5) is 0 Å². The van der Waals surface area contributed by atoms with Crippen LogP contribution in [-0.4, -0.2) is 54.3 Å². The summed E-state index contributed by atoms with van der Waals surface area (Å²) < 4.78 is 23.7. The smallest absolute Gasteiger partial charge is 0.231 e. The summed E-state index contributed by atoms with van der Waals surface area (Å²) in [5.74, 6) is -1.11. The molecule has 0 aliphatic carbocycles. The summed E-state index contributed by atoms with van der Waals surface area (Å²) in [7, 11) is 0. The first-order chi connectivity index (χ1) is 13.3. The Kier molecular flexibility index (Phi) is 5.25. The van der Waals surface area contributed by atoms with Crippen molar-refractivity contribution >= 4 is 5.91 Å². The van der Waals surface area contributed by atoms with E-state index in [-0.39, 0.29) is 29.9 Å². The molecule has 4 rings (SSSR count). The molecule has 6 nitrogen and oxygen atoms in total. The van der Waals surface area contributed by atoms with Gasteiger partial charge in [-0.15, -0.1) is 0 Å². The number of ether oxygens (including phenoxy) is 4. The molecule has 0 aromatic heterocycles. The number of amides is 1. The number of β-lactam (4-membered cyclic amide) rings is 1. The van der Waals surface area contributed by atoms with Crippen molar-refractivity contribution in [2.75, 3.05) is 19.8 Å². The van der Waals surface area contributed by atoms with Crippen LogP contribution in [0.5, 0.6) is 0 Å². The van der Waals surface area contributed by atoms with Crippen molar-refractivity contribution in [1.82, 2.24) is 4.90 Å². The molecule has 3 aliphatic rings. The molecule has 154 valence electrons. The highest BCUT2D eigenvalue weighted by molar-refractivity contribution is 5.87. The molecule has 0 saturated carbocycles. The standard InChI is InChI=1S/C22H31NO5/c1-21(2)26-13-16(14-27-21)19-18(17-10-11-25-22(3,4)28-17)20(24)23(19)12-15-8-6-5-7-9-15/h5-9,16-19H,10-14H2,1-4H3/t17-,18+,19+/m1/s1. The Labute approximate surface area is 167 Å². The number of hydrogen-bond acceptors (Lipinski definition) is 5. The molecule has 1 aromatic carbocycles. The molecule has 1 aromatic rings. The van der Waals surface area contributed by atoms with Crippen LogP contribution in [0.2, 0.25) is 0 Å². The lowest BCUT2D eigenvalue weighted by Gasteiger charge is -2.55. The van der Waals surface area contributed by atoms with Gasteiger partial charge in [-0.05, 0) is 39.7 Å². The van der Waals surface area contributed by atoms with Gasteiger partial charge in [0.15, 0.2) is 11.6 Å². The molecular weight excluding hydrogens is 358 g/mol. The lowest BCUT2D eigenvalue weighted by molar-refractivity contribution is -0.301. The van der Waals surface area contributed by atoms with E-state index >= 15 is 0 Å². The first kappa shape index (κ1) is 19.8. The predicted molar refractivity (Wildman–Crippen MR) is 103 cm³/mol. The number of benzene rings is 1. The summed E-state index contributed by atoms with van der Waals surface area (Å²) in [5, 5.41) is 0. The molecule has 0 radical (unpaired) electrons. The Hall–Kier alpha value is -1.47. The van der Waals surface area contributed by atoms with E-state index in [1.54, 1.807) is 0 Å². The molecule has 3 saturated heterocycles. The molecule has 1 amide bonds. The number of carbonyl (C=O) groups excluding carboxylic acids is 1. The number of rotatable bonds is 4. The quantitative estimate of drug-likeness (QED) is 0.741. The summed E-state index contributed by atoms with van der Waals surface area (Å²) in [6, 6.07) is 10.2. The van der Waals surface area contributed by atoms with Crippen LogP contribution < -0.4 is 0 Å². The van der Waals surface area contributed by atoms with Gasteiger partial charge in [-0.1, -0.05) is 30.3 Å². The molecule has 0 spiro atoms. The highest BCUT2D eigenvalue weighted by atomic mass is 16.7. The first-order valence-corrected chi connectivity index (χ1v) is 10.2. The maximum Gasteiger partial charge on any atom is 0.231 e. The lowest BCUT2D eigenvalue weighted by atomic mass is 9.74. The van der Waals surface area contributed by atoms with Gasteiger partial charge in [0.25, 0.3) is 0 Å². The van der Waals surface area contributed by atoms with Gasteiger partial charge in [-0.25, -0.2) is 0 Å². The van der Waals surface area contributed by atoms with Gasteiger partial charge in [0.05, 0.1) is 37.9 Å². The van der Waals surface area contributed by atoms with E-state index in [1.807, 2.05) is 50.8 Å². The number of nitrogens with zero attached hydrogens (tertiary/aromatic N) is 1. The zero-order valence-electron chi connectivity index (χ0n) is 17.2. The van der Waals surface area contributed by atoms with Gasteiger partial charge in [0.2, 0.25) is 5.91 Å². The van der Waals surface area contributed by atoms with Gasteiger partial charge in [-0.2, -0.15) is 0 Å². The number of likely N-dealkylation sites (tertiary alicyclic amines) is 1. The maximum absolute atomic E-state index is 13.2. The van der Waals surface area contributed by atoms with Gasteiger partial charge in [-0.3, -0.25) is 4.79 Å². The zero-order valence-corrected chi connectivity index (χ0v) is 17.2. The Morgan fingerprint density at radius 2 is 1.68 bits per heavy atom. The molecule has 0 bridgehead atoms. The minimum absolute atomic E-state index is 0.0442. The predicted octanol–water partition coefficient (Wildman–Crippen LogP) is 2.95. The normalized spacial score (nSPS) is 32.8. The maximum atomic E-state index is 13.2. The van der Waals surface area contributed by atoms with Crippen LogP contribution in [0, 0.1) is 11.8 Å². The lowest BCUT2D eigenvalue weighted by Crippen LogP contribution is -2.70. The SMILES string of the molecule is CC1(C)OCC([C@H]2[C@H]([C@H]3CCOC(C)(C)O3)C(=O)N2Cc2ccccc2)CO1. The van der Waals surface area contributed by atoms with E-state index in [4.69, 9.17) is 18.9 Å². The second kappa shape index (κ2) is 7.41. The molecule has 0 N–H and O–H groups in total. The summed E-state index contributed by atoms with van der Waals surface area (Å²) >= 11 is 0. The Morgan fingerprint density at radius 3 is 2.32 bits per heavy atom. The van der Waals surface area contributed by atoms with Gasteiger partial charge in [0.1, 0.15) is 0 Å². The van der Waals surface area contributed by atoms with Crippen molar-refractivity contribution in [3.05, 3.63) is 35.9 Å². The largest absolute Gasteiger partial charge is 0.350 e. The molecular formula is C22H31NO5. The van der Waals surface area contributed by atoms with Crippen molar-refractivity contribution in [2.45, 2.75) is 64.4 Å². The summed E-state index contributed by atoms with van der Waals surface area (Å²) in [6.45, 7) is 10.1. The van der Waals surface area contributed by atoms with E-state index in [0.29, 0.717) is 26.4 Å². The molecule has 28 heavy (non-hydrogen) atoms. The van der Waals surface area contributed by atoms with Crippen LogP contribution in [0.25, 0.3) is 0 Å². The Balaban J connectivity index is 1.54. The summed E-state index contributed by atoms with van der Waals surface area (Å²) in [4.78, 5) is 15.2. The molecule has 3 aliphatic heterocycles. The van der Waals surface area contributed by atoms with Crippen LogP contribution in [0.1, 0.15) is 39.7 Å². The second-order valence-electron chi connectivity index (χ2n) is 8.94. The summed E-state index contributed by atoms with van der Waals surface area (Å²) in [6.07, 6.45) is 0.596.